The minimum atomic E-state index is -0.937. The summed E-state index contributed by atoms with van der Waals surface area (Å²) >= 11 is 0. The Labute approximate surface area is 76.4 Å². The maximum atomic E-state index is 10.6. The number of aromatic carboxylic acids is 1. The third-order valence-electron chi connectivity index (χ3n) is 2.44. The predicted octanol–water partition coefficient (Wildman–Crippen LogP) is 1.66. The Morgan fingerprint density at radius 2 is 2.00 bits per heavy atom. The molecule has 1 N–H and O–H groups in total. The van der Waals surface area contributed by atoms with Crippen molar-refractivity contribution in [3.05, 3.63) is 29.1 Å². The average molecular weight is 177 g/mol. The van der Waals surface area contributed by atoms with E-state index in [1.54, 1.807) is 12.3 Å². The van der Waals surface area contributed by atoms with Gasteiger partial charge < -0.3 is 5.11 Å². The number of aromatic nitrogens is 1. The van der Waals surface area contributed by atoms with Crippen LogP contribution in [0, 0.1) is 0 Å². The van der Waals surface area contributed by atoms with Gasteiger partial charge in [0.15, 0.2) is 0 Å². The zero-order chi connectivity index (χ0) is 9.26. The molecule has 1 aliphatic rings. The SMILES string of the molecule is O=C(O)c1cc2c(cn1)CCCC2. The van der Waals surface area contributed by atoms with Gasteiger partial charge in [-0.15, -0.1) is 0 Å². The van der Waals surface area contributed by atoms with Gasteiger partial charge in [-0.3, -0.25) is 0 Å². The molecule has 1 aromatic rings. The van der Waals surface area contributed by atoms with Crippen LogP contribution in [0.25, 0.3) is 0 Å². The van der Waals surface area contributed by atoms with Gasteiger partial charge in [-0.05, 0) is 42.9 Å². The van der Waals surface area contributed by atoms with Crippen LogP contribution in [-0.4, -0.2) is 16.1 Å². The van der Waals surface area contributed by atoms with Crippen molar-refractivity contribution >= 4 is 5.97 Å². The number of carboxylic acids is 1. The molecule has 0 atom stereocenters. The number of rotatable bonds is 1. The number of pyridine rings is 1. The monoisotopic (exact) mass is 177 g/mol. The molecule has 13 heavy (non-hydrogen) atoms. The van der Waals surface area contributed by atoms with E-state index in [2.05, 4.69) is 4.98 Å². The highest BCUT2D eigenvalue weighted by Gasteiger charge is 2.12. The average Bonchev–Trinajstić information content (AvgIpc) is 2.17. The summed E-state index contributed by atoms with van der Waals surface area (Å²) in [7, 11) is 0. The molecule has 0 saturated carbocycles. The lowest BCUT2D eigenvalue weighted by atomic mass is 9.93. The van der Waals surface area contributed by atoms with E-state index in [4.69, 9.17) is 5.11 Å². The Bertz CT molecular complexity index is 347. The van der Waals surface area contributed by atoms with E-state index in [1.807, 2.05) is 0 Å². The number of hydrogen-bond acceptors (Lipinski definition) is 2. The van der Waals surface area contributed by atoms with Gasteiger partial charge in [0.25, 0.3) is 0 Å². The maximum Gasteiger partial charge on any atom is 0.354 e. The summed E-state index contributed by atoms with van der Waals surface area (Å²) in [4.78, 5) is 14.5. The van der Waals surface area contributed by atoms with Crippen molar-refractivity contribution in [2.45, 2.75) is 25.7 Å². The van der Waals surface area contributed by atoms with E-state index in [9.17, 15) is 4.79 Å². The number of nitrogens with zero attached hydrogens (tertiary/aromatic N) is 1. The number of carboxylic acid groups (broad SMARTS) is 1. The van der Waals surface area contributed by atoms with Crippen LogP contribution in [0.5, 0.6) is 0 Å². The van der Waals surface area contributed by atoms with E-state index < -0.39 is 5.97 Å². The molecular weight excluding hydrogens is 166 g/mol. The van der Waals surface area contributed by atoms with Gasteiger partial charge >= 0.3 is 5.97 Å². The summed E-state index contributed by atoms with van der Waals surface area (Å²) in [5.74, 6) is -0.937. The number of fused-ring (bicyclic) bond motifs is 1. The molecule has 68 valence electrons. The summed E-state index contributed by atoms with van der Waals surface area (Å²) < 4.78 is 0. The van der Waals surface area contributed by atoms with Crippen LogP contribution < -0.4 is 0 Å². The molecule has 0 radical (unpaired) electrons. The second-order valence-corrected chi connectivity index (χ2v) is 3.35. The second-order valence-electron chi connectivity index (χ2n) is 3.35. The first-order chi connectivity index (χ1) is 6.27. The molecule has 0 spiro atoms. The van der Waals surface area contributed by atoms with Crippen molar-refractivity contribution in [3.63, 3.8) is 0 Å². The molecule has 0 bridgehead atoms. The van der Waals surface area contributed by atoms with Crippen molar-refractivity contribution in [1.82, 2.24) is 4.98 Å². The van der Waals surface area contributed by atoms with Gasteiger partial charge in [0.05, 0.1) is 0 Å². The van der Waals surface area contributed by atoms with Gasteiger partial charge in [0, 0.05) is 6.20 Å². The fourth-order valence-electron chi connectivity index (χ4n) is 1.73. The minimum Gasteiger partial charge on any atom is -0.477 e. The van der Waals surface area contributed by atoms with Gasteiger partial charge in [-0.1, -0.05) is 0 Å². The molecule has 0 amide bonds. The lowest BCUT2D eigenvalue weighted by Crippen LogP contribution is -2.07. The summed E-state index contributed by atoms with van der Waals surface area (Å²) in [6.45, 7) is 0. The Morgan fingerprint density at radius 1 is 1.31 bits per heavy atom. The van der Waals surface area contributed by atoms with Crippen LogP contribution in [-0.2, 0) is 12.8 Å². The van der Waals surface area contributed by atoms with E-state index in [-0.39, 0.29) is 5.69 Å². The van der Waals surface area contributed by atoms with Gasteiger partial charge in [0.2, 0.25) is 0 Å². The standard InChI is InChI=1S/C10H11NO2/c12-10(13)9-5-7-3-1-2-4-8(7)6-11-9/h5-6H,1-4H2,(H,12,13). The molecule has 0 unspecified atom stereocenters. The molecule has 0 fully saturated rings. The van der Waals surface area contributed by atoms with E-state index in [1.165, 1.54) is 17.5 Å². The number of hydrogen-bond donors (Lipinski definition) is 1. The number of aryl methyl sites for hydroxylation is 2. The van der Waals surface area contributed by atoms with Crippen LogP contribution in [0.3, 0.4) is 0 Å². The zero-order valence-corrected chi connectivity index (χ0v) is 7.29. The number of carbonyl (C=O) groups is 1. The van der Waals surface area contributed by atoms with Crippen molar-refractivity contribution in [2.24, 2.45) is 0 Å². The van der Waals surface area contributed by atoms with Crippen molar-refractivity contribution in [1.29, 1.82) is 0 Å². The Balaban J connectivity index is 2.40. The van der Waals surface area contributed by atoms with Crippen LogP contribution in [0.15, 0.2) is 12.3 Å². The molecular formula is C10H11NO2. The van der Waals surface area contributed by atoms with E-state index in [0.717, 1.165) is 19.3 Å². The molecule has 2 rings (SSSR count). The summed E-state index contributed by atoms with van der Waals surface area (Å²) in [5.41, 5.74) is 2.55. The summed E-state index contributed by atoms with van der Waals surface area (Å²) in [5, 5.41) is 8.72. The molecule has 1 aromatic heterocycles. The van der Waals surface area contributed by atoms with E-state index >= 15 is 0 Å². The molecule has 0 aliphatic heterocycles. The van der Waals surface area contributed by atoms with E-state index in [0.29, 0.717) is 0 Å². The first-order valence-electron chi connectivity index (χ1n) is 4.48. The Kier molecular flexibility index (Phi) is 2.00. The van der Waals surface area contributed by atoms with Crippen LogP contribution >= 0.6 is 0 Å². The highest BCUT2D eigenvalue weighted by Crippen LogP contribution is 2.20. The van der Waals surface area contributed by atoms with Gasteiger partial charge in [-0.2, -0.15) is 0 Å². The van der Waals surface area contributed by atoms with Crippen LogP contribution in [0.2, 0.25) is 0 Å². The smallest absolute Gasteiger partial charge is 0.354 e. The molecule has 1 aliphatic carbocycles. The molecule has 0 aromatic carbocycles. The summed E-state index contributed by atoms with van der Waals surface area (Å²) in [6, 6.07) is 1.71. The first kappa shape index (κ1) is 8.23. The highest BCUT2D eigenvalue weighted by atomic mass is 16.4. The predicted molar refractivity (Wildman–Crippen MR) is 47.8 cm³/mol. The fourth-order valence-corrected chi connectivity index (χ4v) is 1.73. The minimum absolute atomic E-state index is 0.167. The topological polar surface area (TPSA) is 50.2 Å². The highest BCUT2D eigenvalue weighted by molar-refractivity contribution is 5.85. The van der Waals surface area contributed by atoms with Crippen LogP contribution in [0.1, 0.15) is 34.5 Å². The van der Waals surface area contributed by atoms with Gasteiger partial charge in [0.1, 0.15) is 5.69 Å². The van der Waals surface area contributed by atoms with Crippen molar-refractivity contribution < 1.29 is 9.90 Å². The molecule has 3 nitrogen and oxygen atoms in total. The van der Waals surface area contributed by atoms with Crippen LogP contribution in [0.4, 0.5) is 0 Å². The third kappa shape index (κ3) is 1.54. The lowest BCUT2D eigenvalue weighted by Gasteiger charge is -2.14. The van der Waals surface area contributed by atoms with Gasteiger partial charge in [-0.25, -0.2) is 9.78 Å². The summed E-state index contributed by atoms with van der Waals surface area (Å²) in [6.07, 6.45) is 6.11. The lowest BCUT2D eigenvalue weighted by molar-refractivity contribution is 0.0690. The zero-order valence-electron chi connectivity index (χ0n) is 7.29. The third-order valence-corrected chi connectivity index (χ3v) is 2.44. The first-order valence-corrected chi connectivity index (χ1v) is 4.48. The Morgan fingerprint density at radius 3 is 2.69 bits per heavy atom. The molecule has 1 heterocycles. The second kappa shape index (κ2) is 3.17. The quantitative estimate of drug-likeness (QED) is 0.709. The molecule has 3 heteroatoms. The Hall–Kier alpha value is -1.38. The maximum absolute atomic E-state index is 10.6. The van der Waals surface area contributed by atoms with Crippen molar-refractivity contribution in [3.8, 4) is 0 Å². The normalized spacial score (nSPS) is 15.1. The fraction of sp³-hybridized carbons (Fsp3) is 0.400. The largest absolute Gasteiger partial charge is 0.477 e. The van der Waals surface area contributed by atoms with Crippen molar-refractivity contribution in [2.75, 3.05) is 0 Å². The molecule has 0 saturated heterocycles.